The van der Waals surface area contributed by atoms with Gasteiger partial charge in [0, 0.05) is 10.6 Å². The first-order valence-electron chi connectivity index (χ1n) is 7.76. The van der Waals surface area contributed by atoms with Crippen molar-refractivity contribution in [3.63, 3.8) is 0 Å². The molecule has 0 spiro atoms. The van der Waals surface area contributed by atoms with Gasteiger partial charge < -0.3 is 4.74 Å². The van der Waals surface area contributed by atoms with Gasteiger partial charge in [0.15, 0.2) is 6.61 Å². The van der Waals surface area contributed by atoms with E-state index >= 15 is 0 Å². The Bertz CT molecular complexity index is 766. The number of carbonyl (C=O) groups excluding carboxylic acids is 1. The second-order valence-electron chi connectivity index (χ2n) is 6.52. The molecule has 2 aromatic rings. The van der Waals surface area contributed by atoms with Crippen LogP contribution in [0.4, 0.5) is 0 Å². The monoisotopic (exact) mass is 378 g/mol. The zero-order chi connectivity index (χ0) is 18.4. The van der Waals surface area contributed by atoms with Crippen LogP contribution in [0.3, 0.4) is 0 Å². The molecule has 0 fully saturated rings. The summed E-state index contributed by atoms with van der Waals surface area (Å²) in [5.41, 5.74) is 4.33. The van der Waals surface area contributed by atoms with Gasteiger partial charge in [-0.05, 0) is 35.2 Å². The van der Waals surface area contributed by atoms with Crippen molar-refractivity contribution < 1.29 is 9.53 Å². The molecule has 0 saturated heterocycles. The van der Waals surface area contributed by atoms with Crippen LogP contribution in [0.1, 0.15) is 31.9 Å². The van der Waals surface area contributed by atoms with Crippen molar-refractivity contribution in [3.8, 4) is 5.75 Å². The highest BCUT2D eigenvalue weighted by atomic mass is 35.5. The Morgan fingerprint density at radius 3 is 2.44 bits per heavy atom. The minimum absolute atomic E-state index is 0.0769. The molecule has 1 N–H and O–H groups in total. The average molecular weight is 379 g/mol. The Morgan fingerprint density at radius 1 is 1.16 bits per heavy atom. The Kier molecular flexibility index (Phi) is 6.45. The molecular formula is C19H20Cl2N2O2. The van der Waals surface area contributed by atoms with E-state index in [9.17, 15) is 4.79 Å². The van der Waals surface area contributed by atoms with Gasteiger partial charge in [-0.15, -0.1) is 0 Å². The minimum atomic E-state index is -0.360. The smallest absolute Gasteiger partial charge is 0.277 e. The van der Waals surface area contributed by atoms with E-state index in [1.165, 1.54) is 11.8 Å². The summed E-state index contributed by atoms with van der Waals surface area (Å²) in [5.74, 6) is 0.272. The van der Waals surface area contributed by atoms with Crippen molar-refractivity contribution >= 4 is 35.3 Å². The average Bonchev–Trinajstić information content (AvgIpc) is 2.54. The van der Waals surface area contributed by atoms with Crippen LogP contribution in [0.5, 0.6) is 5.75 Å². The number of nitrogens with one attached hydrogen (secondary N) is 1. The van der Waals surface area contributed by atoms with Crippen LogP contribution in [-0.4, -0.2) is 18.7 Å². The first-order valence-corrected chi connectivity index (χ1v) is 8.51. The molecule has 0 bridgehead atoms. The summed E-state index contributed by atoms with van der Waals surface area (Å²) in [7, 11) is 0. The van der Waals surface area contributed by atoms with Crippen LogP contribution in [-0.2, 0) is 10.2 Å². The number of halogens is 2. The lowest BCUT2D eigenvalue weighted by Crippen LogP contribution is -2.24. The molecule has 0 atom stereocenters. The quantitative estimate of drug-likeness (QED) is 0.598. The molecule has 25 heavy (non-hydrogen) atoms. The van der Waals surface area contributed by atoms with Gasteiger partial charge in [-0.25, -0.2) is 5.43 Å². The largest absolute Gasteiger partial charge is 0.484 e. The number of benzene rings is 2. The van der Waals surface area contributed by atoms with Crippen molar-refractivity contribution in [2.24, 2.45) is 5.10 Å². The normalized spacial score (nSPS) is 11.6. The molecule has 0 aliphatic rings. The molecule has 2 rings (SSSR count). The molecule has 132 valence electrons. The fraction of sp³-hybridized carbons (Fsp3) is 0.263. The van der Waals surface area contributed by atoms with E-state index in [2.05, 4.69) is 31.3 Å². The Labute approximate surface area is 157 Å². The Hall–Kier alpha value is -2.04. The third-order valence-electron chi connectivity index (χ3n) is 3.45. The van der Waals surface area contributed by atoms with E-state index in [1.54, 1.807) is 18.2 Å². The SMILES string of the molecule is CC(C)(C)c1ccc(OCC(=O)N/N=C/c2ccc(Cl)cc2Cl)cc1. The number of carbonyl (C=O) groups is 1. The number of amides is 1. The number of rotatable bonds is 5. The van der Waals surface area contributed by atoms with Crippen LogP contribution in [0.2, 0.25) is 10.0 Å². The summed E-state index contributed by atoms with van der Waals surface area (Å²) in [6.45, 7) is 6.30. The van der Waals surface area contributed by atoms with Crippen LogP contribution >= 0.6 is 23.2 Å². The number of hydrazone groups is 1. The molecule has 0 saturated carbocycles. The molecule has 2 aromatic carbocycles. The molecule has 1 amide bonds. The van der Waals surface area contributed by atoms with Crippen LogP contribution in [0.15, 0.2) is 47.6 Å². The topological polar surface area (TPSA) is 50.7 Å². The maximum Gasteiger partial charge on any atom is 0.277 e. The molecule has 0 heterocycles. The summed E-state index contributed by atoms with van der Waals surface area (Å²) in [6, 6.07) is 12.7. The summed E-state index contributed by atoms with van der Waals surface area (Å²) in [5, 5.41) is 4.86. The highest BCUT2D eigenvalue weighted by Gasteiger charge is 2.13. The zero-order valence-electron chi connectivity index (χ0n) is 14.3. The van der Waals surface area contributed by atoms with Crippen molar-refractivity contribution in [1.29, 1.82) is 0 Å². The van der Waals surface area contributed by atoms with E-state index in [4.69, 9.17) is 27.9 Å². The van der Waals surface area contributed by atoms with Gasteiger partial charge in [-0.3, -0.25) is 4.79 Å². The number of hydrogen-bond donors (Lipinski definition) is 1. The molecule has 0 aliphatic heterocycles. The van der Waals surface area contributed by atoms with Gasteiger partial charge in [-0.1, -0.05) is 62.2 Å². The van der Waals surface area contributed by atoms with Gasteiger partial charge in [0.05, 0.1) is 11.2 Å². The lowest BCUT2D eigenvalue weighted by atomic mass is 9.87. The van der Waals surface area contributed by atoms with Gasteiger partial charge in [0.1, 0.15) is 5.75 Å². The molecule has 4 nitrogen and oxygen atoms in total. The fourth-order valence-corrected chi connectivity index (χ4v) is 2.47. The van der Waals surface area contributed by atoms with Crippen molar-refractivity contribution in [1.82, 2.24) is 5.43 Å². The van der Waals surface area contributed by atoms with E-state index in [0.717, 1.165) is 0 Å². The molecule has 0 unspecified atom stereocenters. The van der Waals surface area contributed by atoms with Crippen LogP contribution < -0.4 is 10.2 Å². The zero-order valence-corrected chi connectivity index (χ0v) is 15.9. The van der Waals surface area contributed by atoms with E-state index < -0.39 is 0 Å². The first kappa shape index (κ1) is 19.3. The third-order valence-corrected chi connectivity index (χ3v) is 4.01. The highest BCUT2D eigenvalue weighted by molar-refractivity contribution is 6.36. The number of ether oxygens (including phenoxy) is 1. The Balaban J connectivity index is 1.83. The van der Waals surface area contributed by atoms with Gasteiger partial charge in [0.2, 0.25) is 0 Å². The second kappa shape index (κ2) is 8.37. The summed E-state index contributed by atoms with van der Waals surface area (Å²) >= 11 is 11.8. The maximum absolute atomic E-state index is 11.8. The second-order valence-corrected chi connectivity index (χ2v) is 7.37. The lowest BCUT2D eigenvalue weighted by molar-refractivity contribution is -0.123. The lowest BCUT2D eigenvalue weighted by Gasteiger charge is -2.19. The van der Waals surface area contributed by atoms with Gasteiger partial charge in [-0.2, -0.15) is 5.10 Å². The predicted octanol–water partition coefficient (Wildman–Crippen LogP) is 4.82. The minimum Gasteiger partial charge on any atom is -0.484 e. The third kappa shape index (κ3) is 6.07. The standard InChI is InChI=1S/C19H20Cl2N2O2/c1-19(2,3)14-5-8-16(9-6-14)25-12-18(24)23-22-11-13-4-7-15(20)10-17(13)21/h4-11H,12H2,1-3H3,(H,23,24)/b22-11+. The van der Waals surface area contributed by atoms with Gasteiger partial charge in [0.25, 0.3) is 5.91 Å². The predicted molar refractivity (Wildman–Crippen MR) is 103 cm³/mol. The fourth-order valence-electron chi connectivity index (χ4n) is 2.01. The van der Waals surface area contributed by atoms with Gasteiger partial charge >= 0.3 is 0 Å². The van der Waals surface area contributed by atoms with Crippen molar-refractivity contribution in [3.05, 3.63) is 63.6 Å². The molecule has 0 aliphatic carbocycles. The molecular weight excluding hydrogens is 359 g/mol. The molecule has 0 radical (unpaired) electrons. The van der Waals surface area contributed by atoms with Crippen molar-refractivity contribution in [2.75, 3.05) is 6.61 Å². The molecule has 6 heteroatoms. The van der Waals surface area contributed by atoms with Crippen LogP contribution in [0, 0.1) is 0 Å². The van der Waals surface area contributed by atoms with E-state index in [-0.39, 0.29) is 17.9 Å². The Morgan fingerprint density at radius 2 is 1.84 bits per heavy atom. The summed E-state index contributed by atoms with van der Waals surface area (Å²) < 4.78 is 5.45. The van der Waals surface area contributed by atoms with Crippen LogP contribution in [0.25, 0.3) is 0 Å². The van der Waals surface area contributed by atoms with E-state index in [1.807, 2.05) is 24.3 Å². The number of hydrogen-bond acceptors (Lipinski definition) is 3. The summed E-state index contributed by atoms with van der Waals surface area (Å²) in [4.78, 5) is 11.8. The van der Waals surface area contributed by atoms with Crippen molar-refractivity contribution in [2.45, 2.75) is 26.2 Å². The molecule has 0 aromatic heterocycles. The maximum atomic E-state index is 11.8. The summed E-state index contributed by atoms with van der Waals surface area (Å²) in [6.07, 6.45) is 1.45. The highest BCUT2D eigenvalue weighted by Crippen LogP contribution is 2.24. The number of nitrogens with zero attached hydrogens (tertiary/aromatic N) is 1. The van der Waals surface area contributed by atoms with E-state index in [0.29, 0.717) is 21.4 Å². The first-order chi connectivity index (χ1) is 11.8.